The molecule has 0 spiro atoms. The number of cyclic esters (lactones) is 1. The average molecular weight is 152 g/mol. The number of ether oxygens (including phenoxy) is 1. The van der Waals surface area contributed by atoms with Gasteiger partial charge in [-0.3, -0.25) is 0 Å². The minimum atomic E-state index is -0.267. The Morgan fingerprint density at radius 2 is 2.55 bits per heavy atom. The second-order valence-corrected chi connectivity index (χ2v) is 2.48. The molecule has 1 aromatic rings. The molecule has 0 bridgehead atoms. The lowest BCUT2D eigenvalue weighted by Gasteiger charge is -2.14. The minimum Gasteiger partial charge on any atom is -0.459 e. The number of fused-ring (bicyclic) bond motifs is 1. The monoisotopic (exact) mass is 152 g/mol. The van der Waals surface area contributed by atoms with Gasteiger partial charge in [-0.05, 0) is 6.92 Å². The lowest BCUT2D eigenvalue weighted by Crippen LogP contribution is -2.23. The SMILES string of the molecule is Cc1ncc2n1CCOC2=O. The highest BCUT2D eigenvalue weighted by Crippen LogP contribution is 2.10. The molecule has 0 saturated heterocycles. The van der Waals surface area contributed by atoms with Crippen molar-refractivity contribution in [3.05, 3.63) is 17.7 Å². The molecule has 58 valence electrons. The highest BCUT2D eigenvalue weighted by molar-refractivity contribution is 5.87. The second kappa shape index (κ2) is 2.08. The molecule has 0 unspecified atom stereocenters. The first-order chi connectivity index (χ1) is 5.29. The summed E-state index contributed by atoms with van der Waals surface area (Å²) in [6, 6.07) is 0. The van der Waals surface area contributed by atoms with Crippen molar-refractivity contribution >= 4 is 5.97 Å². The van der Waals surface area contributed by atoms with Gasteiger partial charge in [0.2, 0.25) is 0 Å². The van der Waals surface area contributed by atoms with Gasteiger partial charge < -0.3 is 9.30 Å². The molecule has 0 atom stereocenters. The summed E-state index contributed by atoms with van der Waals surface area (Å²) in [5, 5.41) is 0. The van der Waals surface area contributed by atoms with E-state index in [0.717, 1.165) is 12.4 Å². The van der Waals surface area contributed by atoms with E-state index < -0.39 is 0 Å². The number of aromatic nitrogens is 2. The lowest BCUT2D eigenvalue weighted by molar-refractivity contribution is 0.0421. The van der Waals surface area contributed by atoms with Gasteiger partial charge in [0, 0.05) is 0 Å². The number of rotatable bonds is 0. The summed E-state index contributed by atoms with van der Waals surface area (Å²) in [6.45, 7) is 3.07. The number of imidazole rings is 1. The third kappa shape index (κ3) is 0.824. The summed E-state index contributed by atoms with van der Waals surface area (Å²) in [7, 11) is 0. The summed E-state index contributed by atoms with van der Waals surface area (Å²) >= 11 is 0. The summed E-state index contributed by atoms with van der Waals surface area (Å²) in [4.78, 5) is 15.0. The molecule has 1 aliphatic rings. The molecule has 1 aromatic heterocycles. The van der Waals surface area contributed by atoms with Crippen molar-refractivity contribution < 1.29 is 9.53 Å². The van der Waals surface area contributed by atoms with Crippen LogP contribution >= 0.6 is 0 Å². The van der Waals surface area contributed by atoms with Crippen molar-refractivity contribution in [1.82, 2.24) is 9.55 Å². The second-order valence-electron chi connectivity index (χ2n) is 2.48. The highest BCUT2D eigenvalue weighted by atomic mass is 16.5. The van der Waals surface area contributed by atoms with Gasteiger partial charge in [-0.25, -0.2) is 9.78 Å². The maximum Gasteiger partial charge on any atom is 0.356 e. The largest absolute Gasteiger partial charge is 0.459 e. The van der Waals surface area contributed by atoms with E-state index in [4.69, 9.17) is 4.74 Å². The number of aryl methyl sites for hydroxylation is 1. The van der Waals surface area contributed by atoms with E-state index in [1.807, 2.05) is 11.5 Å². The normalized spacial score (nSPS) is 15.9. The summed E-state index contributed by atoms with van der Waals surface area (Å²) in [5.41, 5.74) is 0.564. The molecule has 2 rings (SSSR count). The molecule has 0 aliphatic carbocycles. The van der Waals surface area contributed by atoms with Crippen molar-refractivity contribution in [3.8, 4) is 0 Å². The summed E-state index contributed by atoms with van der Waals surface area (Å²) in [5.74, 6) is 0.605. The molecule has 0 radical (unpaired) electrons. The fourth-order valence-corrected chi connectivity index (χ4v) is 1.22. The minimum absolute atomic E-state index is 0.267. The van der Waals surface area contributed by atoms with E-state index in [1.54, 1.807) is 6.20 Å². The fourth-order valence-electron chi connectivity index (χ4n) is 1.22. The first kappa shape index (κ1) is 6.39. The third-order valence-electron chi connectivity index (χ3n) is 1.81. The van der Waals surface area contributed by atoms with Crippen LogP contribution in [0.3, 0.4) is 0 Å². The number of hydrogen-bond acceptors (Lipinski definition) is 3. The molecular formula is C7H8N2O2. The van der Waals surface area contributed by atoms with Crippen LogP contribution in [0.2, 0.25) is 0 Å². The van der Waals surface area contributed by atoms with Crippen LogP contribution in [0, 0.1) is 6.92 Å². The molecule has 1 aliphatic heterocycles. The van der Waals surface area contributed by atoms with Crippen LogP contribution < -0.4 is 0 Å². The van der Waals surface area contributed by atoms with E-state index in [9.17, 15) is 4.79 Å². The Labute approximate surface area is 63.8 Å². The van der Waals surface area contributed by atoms with E-state index in [0.29, 0.717) is 12.3 Å². The molecule has 2 heterocycles. The number of carbonyl (C=O) groups is 1. The van der Waals surface area contributed by atoms with Crippen molar-refractivity contribution in [3.63, 3.8) is 0 Å². The van der Waals surface area contributed by atoms with Crippen LogP contribution in [0.1, 0.15) is 16.3 Å². The quantitative estimate of drug-likeness (QED) is 0.504. The van der Waals surface area contributed by atoms with E-state index in [2.05, 4.69) is 4.98 Å². The topological polar surface area (TPSA) is 44.1 Å². The molecule has 0 aromatic carbocycles. The molecule has 0 saturated carbocycles. The van der Waals surface area contributed by atoms with Gasteiger partial charge in [0.15, 0.2) is 0 Å². The van der Waals surface area contributed by atoms with Gasteiger partial charge in [0.1, 0.15) is 18.1 Å². The van der Waals surface area contributed by atoms with E-state index >= 15 is 0 Å². The standard InChI is InChI=1S/C7H8N2O2/c1-5-8-4-6-7(10)11-3-2-9(5)6/h4H,2-3H2,1H3. The van der Waals surface area contributed by atoms with Crippen molar-refractivity contribution in [1.29, 1.82) is 0 Å². The Hall–Kier alpha value is -1.32. The maximum absolute atomic E-state index is 11.0. The van der Waals surface area contributed by atoms with Crippen LogP contribution in [0.25, 0.3) is 0 Å². The number of hydrogen-bond donors (Lipinski definition) is 0. The number of carbonyl (C=O) groups excluding carboxylic acids is 1. The molecule has 0 N–H and O–H groups in total. The molecular weight excluding hydrogens is 144 g/mol. The van der Waals surface area contributed by atoms with E-state index in [1.165, 1.54) is 0 Å². The lowest BCUT2D eigenvalue weighted by atomic mass is 10.4. The Morgan fingerprint density at radius 1 is 1.73 bits per heavy atom. The Kier molecular flexibility index (Phi) is 1.21. The first-order valence-electron chi connectivity index (χ1n) is 3.48. The summed E-state index contributed by atoms with van der Waals surface area (Å²) in [6.07, 6.45) is 1.55. The number of esters is 1. The predicted octanol–water partition coefficient (Wildman–Crippen LogP) is 0.362. The van der Waals surface area contributed by atoms with Gasteiger partial charge in [0.05, 0.1) is 12.7 Å². The highest BCUT2D eigenvalue weighted by Gasteiger charge is 2.19. The molecule has 0 amide bonds. The van der Waals surface area contributed by atoms with Gasteiger partial charge in [-0.2, -0.15) is 0 Å². The number of nitrogens with zero attached hydrogens (tertiary/aromatic N) is 2. The zero-order valence-corrected chi connectivity index (χ0v) is 6.20. The van der Waals surface area contributed by atoms with Crippen LogP contribution in [0.5, 0.6) is 0 Å². The predicted molar refractivity (Wildman–Crippen MR) is 37.2 cm³/mol. The van der Waals surface area contributed by atoms with Crippen LogP contribution in [-0.4, -0.2) is 22.1 Å². The van der Waals surface area contributed by atoms with Gasteiger partial charge >= 0.3 is 5.97 Å². The van der Waals surface area contributed by atoms with E-state index in [-0.39, 0.29) is 5.97 Å². The fraction of sp³-hybridized carbons (Fsp3) is 0.429. The van der Waals surface area contributed by atoms with Crippen LogP contribution in [0.15, 0.2) is 6.20 Å². The molecule has 4 heteroatoms. The van der Waals surface area contributed by atoms with Gasteiger partial charge in [-0.15, -0.1) is 0 Å². The summed E-state index contributed by atoms with van der Waals surface area (Å²) < 4.78 is 6.68. The van der Waals surface area contributed by atoms with Crippen molar-refractivity contribution in [2.24, 2.45) is 0 Å². The Morgan fingerprint density at radius 3 is 3.27 bits per heavy atom. The van der Waals surface area contributed by atoms with Crippen molar-refractivity contribution in [2.45, 2.75) is 13.5 Å². The molecule has 4 nitrogen and oxygen atoms in total. The molecule has 11 heavy (non-hydrogen) atoms. The van der Waals surface area contributed by atoms with Gasteiger partial charge in [-0.1, -0.05) is 0 Å². The first-order valence-corrected chi connectivity index (χ1v) is 3.48. The Bertz CT molecular complexity index is 303. The molecule has 0 fully saturated rings. The smallest absolute Gasteiger partial charge is 0.356 e. The third-order valence-corrected chi connectivity index (χ3v) is 1.81. The van der Waals surface area contributed by atoms with Crippen LogP contribution in [-0.2, 0) is 11.3 Å². The van der Waals surface area contributed by atoms with Crippen LogP contribution in [0.4, 0.5) is 0 Å². The Balaban J connectivity index is 2.55. The maximum atomic E-state index is 11.0. The van der Waals surface area contributed by atoms with Gasteiger partial charge in [0.25, 0.3) is 0 Å². The average Bonchev–Trinajstić information content (AvgIpc) is 2.35. The zero-order valence-electron chi connectivity index (χ0n) is 6.20. The zero-order chi connectivity index (χ0) is 7.84. The van der Waals surface area contributed by atoms with Crippen molar-refractivity contribution in [2.75, 3.05) is 6.61 Å².